The molecule has 0 spiro atoms. The number of nitrogens with zero attached hydrogens (tertiary/aromatic N) is 2. The number of thioether (sulfide) groups is 1. The van der Waals surface area contributed by atoms with Crippen LogP contribution in [0.4, 0.5) is 0 Å². The molecule has 0 saturated heterocycles. The van der Waals surface area contributed by atoms with Gasteiger partial charge in [0, 0.05) is 10.9 Å². The second-order valence-electron chi connectivity index (χ2n) is 5.46. The van der Waals surface area contributed by atoms with E-state index in [0.717, 1.165) is 20.8 Å². The summed E-state index contributed by atoms with van der Waals surface area (Å²) >= 11 is 3.06. The number of fused-ring (bicyclic) bond motifs is 1. The molecule has 0 aliphatic rings. The zero-order chi connectivity index (χ0) is 17.1. The van der Waals surface area contributed by atoms with Crippen molar-refractivity contribution < 1.29 is 4.79 Å². The van der Waals surface area contributed by atoms with Crippen LogP contribution in [-0.4, -0.2) is 15.8 Å². The molecule has 2 aromatic heterocycles. The molecular weight excluding hydrogens is 348 g/mol. The first-order valence-corrected chi connectivity index (χ1v) is 9.58. The third-order valence-corrected chi connectivity index (χ3v) is 5.94. The lowest BCUT2D eigenvalue weighted by molar-refractivity contribution is 0.0989. The first-order chi connectivity index (χ1) is 12.3. The van der Waals surface area contributed by atoms with Crippen LogP contribution in [0.25, 0.3) is 10.2 Å². The first kappa shape index (κ1) is 16.0. The van der Waals surface area contributed by atoms with Gasteiger partial charge in [0.15, 0.2) is 5.78 Å². The van der Waals surface area contributed by atoms with Gasteiger partial charge in [-0.05, 0) is 17.0 Å². The average molecular weight is 362 g/mol. The molecule has 4 aromatic rings. The molecule has 2 heterocycles. The van der Waals surface area contributed by atoms with E-state index in [0.29, 0.717) is 5.56 Å². The minimum absolute atomic E-state index is 0.0822. The Balaban J connectivity index is 1.76. The number of ketones is 1. The number of Topliss-reactive ketones (excluding diaryl/α,β-unsaturated/α-hetero) is 1. The summed E-state index contributed by atoms with van der Waals surface area (Å²) in [5.74, 6) is 0.0822. The molecule has 0 amide bonds. The fourth-order valence-electron chi connectivity index (χ4n) is 2.63. The van der Waals surface area contributed by atoms with Crippen LogP contribution in [0.15, 0.2) is 83.5 Å². The van der Waals surface area contributed by atoms with E-state index in [-0.39, 0.29) is 11.0 Å². The zero-order valence-corrected chi connectivity index (χ0v) is 14.8. The van der Waals surface area contributed by atoms with Crippen LogP contribution in [0.1, 0.15) is 21.2 Å². The summed E-state index contributed by atoms with van der Waals surface area (Å²) < 4.78 is 0. The molecule has 0 unspecified atom stereocenters. The smallest absolute Gasteiger partial charge is 0.180 e. The summed E-state index contributed by atoms with van der Waals surface area (Å²) in [5, 5.41) is 3.49. The van der Waals surface area contributed by atoms with E-state index < -0.39 is 0 Å². The lowest BCUT2D eigenvalue weighted by atomic mass is 10.0. The molecular formula is C20H14N2OS2. The lowest BCUT2D eigenvalue weighted by Crippen LogP contribution is -2.10. The van der Waals surface area contributed by atoms with E-state index in [2.05, 4.69) is 9.97 Å². The Bertz CT molecular complexity index is 1000. The molecule has 4 rings (SSSR count). The molecule has 122 valence electrons. The van der Waals surface area contributed by atoms with Crippen LogP contribution >= 0.6 is 23.1 Å². The molecule has 5 heteroatoms. The van der Waals surface area contributed by atoms with Crippen LogP contribution < -0.4 is 0 Å². The molecule has 0 bridgehead atoms. The molecule has 0 radical (unpaired) electrons. The van der Waals surface area contributed by atoms with E-state index in [9.17, 15) is 4.79 Å². The van der Waals surface area contributed by atoms with E-state index in [4.69, 9.17) is 0 Å². The molecule has 3 nitrogen and oxygen atoms in total. The number of aromatic nitrogens is 2. The van der Waals surface area contributed by atoms with Crippen molar-refractivity contribution in [2.75, 3.05) is 0 Å². The predicted octanol–water partition coefficient (Wildman–Crippen LogP) is 5.41. The van der Waals surface area contributed by atoms with Gasteiger partial charge in [0.25, 0.3) is 0 Å². The summed E-state index contributed by atoms with van der Waals surface area (Å²) in [6, 6.07) is 21.3. The molecule has 0 saturated carbocycles. The van der Waals surface area contributed by atoms with Crippen LogP contribution in [0, 0.1) is 0 Å². The maximum Gasteiger partial charge on any atom is 0.180 e. The van der Waals surface area contributed by atoms with Gasteiger partial charge in [-0.1, -0.05) is 72.4 Å². The molecule has 0 N–H and O–H groups in total. The minimum atomic E-state index is -0.346. The summed E-state index contributed by atoms with van der Waals surface area (Å²) in [5.41, 5.74) is 1.68. The number of carbonyl (C=O) groups excluding carboxylic acids is 1. The Morgan fingerprint density at radius 3 is 2.40 bits per heavy atom. The second kappa shape index (κ2) is 7.17. The molecule has 1 atom stereocenters. The van der Waals surface area contributed by atoms with Crippen molar-refractivity contribution in [1.82, 2.24) is 9.97 Å². The average Bonchev–Trinajstić information content (AvgIpc) is 3.16. The highest BCUT2D eigenvalue weighted by Crippen LogP contribution is 2.40. The quantitative estimate of drug-likeness (QED) is 0.270. The van der Waals surface area contributed by atoms with Gasteiger partial charge in [0.2, 0.25) is 0 Å². The summed E-state index contributed by atoms with van der Waals surface area (Å²) in [7, 11) is 0. The Labute approximate surface area is 153 Å². The van der Waals surface area contributed by atoms with Crippen LogP contribution in [0.2, 0.25) is 0 Å². The summed E-state index contributed by atoms with van der Waals surface area (Å²) in [4.78, 5) is 22.8. The Hall–Kier alpha value is -2.50. The van der Waals surface area contributed by atoms with Gasteiger partial charge in [0.1, 0.15) is 16.2 Å². The maximum atomic E-state index is 13.2. The van der Waals surface area contributed by atoms with Crippen molar-refractivity contribution in [2.24, 2.45) is 0 Å². The molecule has 0 aliphatic carbocycles. The Kier molecular flexibility index (Phi) is 4.59. The fourth-order valence-corrected chi connectivity index (χ4v) is 4.58. The fraction of sp³-hybridized carbons (Fsp3) is 0.0500. The van der Waals surface area contributed by atoms with Gasteiger partial charge in [-0.3, -0.25) is 4.79 Å². The summed E-state index contributed by atoms with van der Waals surface area (Å²) in [6.07, 6.45) is 1.57. The van der Waals surface area contributed by atoms with Gasteiger partial charge in [-0.2, -0.15) is 0 Å². The van der Waals surface area contributed by atoms with E-state index in [1.54, 1.807) is 17.7 Å². The molecule has 0 fully saturated rings. The van der Waals surface area contributed by atoms with Gasteiger partial charge in [-0.25, -0.2) is 9.97 Å². The monoisotopic (exact) mass is 362 g/mol. The predicted molar refractivity (Wildman–Crippen MR) is 103 cm³/mol. The highest BCUT2D eigenvalue weighted by Gasteiger charge is 2.24. The number of hydrogen-bond acceptors (Lipinski definition) is 5. The number of carbonyl (C=O) groups is 1. The van der Waals surface area contributed by atoms with Gasteiger partial charge in [0.05, 0.1) is 5.25 Å². The zero-order valence-electron chi connectivity index (χ0n) is 13.2. The SMILES string of the molecule is O=C(c1ccccc1)[C@H](Sc1ncnc2sccc12)c1ccccc1. The van der Waals surface area contributed by atoms with E-state index in [1.165, 1.54) is 11.8 Å². The third kappa shape index (κ3) is 3.34. The van der Waals surface area contributed by atoms with Crippen LogP contribution in [0.3, 0.4) is 0 Å². The van der Waals surface area contributed by atoms with Crippen molar-refractivity contribution in [1.29, 1.82) is 0 Å². The third-order valence-electron chi connectivity index (χ3n) is 3.85. The lowest BCUT2D eigenvalue weighted by Gasteiger charge is -2.16. The van der Waals surface area contributed by atoms with Gasteiger partial charge < -0.3 is 0 Å². The first-order valence-electron chi connectivity index (χ1n) is 7.82. The van der Waals surface area contributed by atoms with Gasteiger partial charge >= 0.3 is 0 Å². The standard InChI is InChI=1S/C20H14N2OS2/c23-17(14-7-3-1-4-8-14)18(15-9-5-2-6-10-15)25-20-16-11-12-24-19(16)21-13-22-20/h1-13,18H/t18-/m1/s1. The maximum absolute atomic E-state index is 13.2. The Morgan fingerprint density at radius 1 is 0.920 bits per heavy atom. The molecule has 0 aliphatic heterocycles. The normalized spacial score (nSPS) is 12.2. The molecule has 25 heavy (non-hydrogen) atoms. The van der Waals surface area contributed by atoms with E-state index in [1.807, 2.05) is 72.1 Å². The van der Waals surface area contributed by atoms with Crippen molar-refractivity contribution in [3.8, 4) is 0 Å². The van der Waals surface area contributed by atoms with Gasteiger partial charge in [-0.15, -0.1) is 11.3 Å². The van der Waals surface area contributed by atoms with Crippen molar-refractivity contribution in [2.45, 2.75) is 10.3 Å². The number of thiophene rings is 1. The minimum Gasteiger partial charge on any atom is -0.293 e. The van der Waals surface area contributed by atoms with Crippen molar-refractivity contribution >= 4 is 39.1 Å². The van der Waals surface area contributed by atoms with Crippen molar-refractivity contribution in [3.63, 3.8) is 0 Å². The highest BCUT2D eigenvalue weighted by molar-refractivity contribution is 8.00. The van der Waals surface area contributed by atoms with E-state index >= 15 is 0 Å². The Morgan fingerprint density at radius 2 is 1.64 bits per heavy atom. The second-order valence-corrected chi connectivity index (χ2v) is 7.45. The summed E-state index contributed by atoms with van der Waals surface area (Å²) in [6.45, 7) is 0. The van der Waals surface area contributed by atoms with Crippen molar-refractivity contribution in [3.05, 3.63) is 89.6 Å². The topological polar surface area (TPSA) is 42.9 Å². The molecule has 2 aromatic carbocycles. The number of benzene rings is 2. The highest BCUT2D eigenvalue weighted by atomic mass is 32.2. The number of rotatable bonds is 5. The number of hydrogen-bond donors (Lipinski definition) is 0. The van der Waals surface area contributed by atoms with Crippen LogP contribution in [0.5, 0.6) is 0 Å². The van der Waals surface area contributed by atoms with Crippen LogP contribution in [-0.2, 0) is 0 Å². The largest absolute Gasteiger partial charge is 0.293 e.